The van der Waals surface area contributed by atoms with Gasteiger partial charge >= 0.3 is 0 Å². The van der Waals surface area contributed by atoms with Gasteiger partial charge in [-0.15, -0.1) is 0 Å². The minimum Gasteiger partial charge on any atom is -0.504 e. The van der Waals surface area contributed by atoms with Crippen molar-refractivity contribution in [1.82, 2.24) is 5.32 Å². The molecule has 2 aromatic carbocycles. The van der Waals surface area contributed by atoms with E-state index in [2.05, 4.69) is 16.7 Å². The number of nitrogens with zero attached hydrogens (tertiary/aromatic N) is 1. The van der Waals surface area contributed by atoms with Crippen molar-refractivity contribution in [3.8, 4) is 17.6 Å². The number of anilines is 1. The molecule has 0 radical (unpaired) electrons. The van der Waals surface area contributed by atoms with E-state index < -0.39 is 5.92 Å². The van der Waals surface area contributed by atoms with Crippen molar-refractivity contribution in [3.63, 3.8) is 0 Å². The number of nitriles is 1. The molecule has 1 atom stereocenters. The third-order valence-corrected chi connectivity index (χ3v) is 5.99. The zero-order valence-electron chi connectivity index (χ0n) is 17.5. The molecule has 7 nitrogen and oxygen atoms in total. The van der Waals surface area contributed by atoms with E-state index in [1.165, 1.54) is 13.2 Å². The molecule has 0 saturated carbocycles. The number of thioether (sulfide) groups is 1. The zero-order chi connectivity index (χ0) is 22.5. The molecular weight excluding hydrogens is 414 g/mol. The minimum atomic E-state index is -0.488. The largest absolute Gasteiger partial charge is 0.504 e. The molecule has 1 unspecified atom stereocenters. The highest BCUT2D eigenvalue weighted by molar-refractivity contribution is 8.03. The number of hydrogen-bond donors (Lipinski definition) is 3. The lowest BCUT2D eigenvalue weighted by atomic mass is 9.87. The van der Waals surface area contributed by atoms with Crippen molar-refractivity contribution in [2.45, 2.75) is 26.2 Å². The van der Waals surface area contributed by atoms with Gasteiger partial charge in [-0.2, -0.15) is 5.26 Å². The Bertz CT molecular complexity index is 1100. The number of methoxy groups -OCH3 is 1. The van der Waals surface area contributed by atoms with Crippen LogP contribution in [0.5, 0.6) is 11.5 Å². The maximum absolute atomic E-state index is 12.5. The first-order valence-electron chi connectivity index (χ1n) is 9.63. The molecule has 2 aromatic rings. The van der Waals surface area contributed by atoms with Gasteiger partial charge in [-0.25, -0.2) is 0 Å². The first-order chi connectivity index (χ1) is 14.8. The van der Waals surface area contributed by atoms with Gasteiger partial charge in [-0.05, 0) is 48.7 Å². The van der Waals surface area contributed by atoms with Crippen molar-refractivity contribution in [1.29, 1.82) is 5.26 Å². The van der Waals surface area contributed by atoms with E-state index in [-0.39, 0.29) is 35.5 Å². The van der Waals surface area contributed by atoms with Crippen LogP contribution >= 0.6 is 11.8 Å². The molecule has 31 heavy (non-hydrogen) atoms. The van der Waals surface area contributed by atoms with Crippen LogP contribution in [-0.4, -0.2) is 29.8 Å². The van der Waals surface area contributed by atoms with Gasteiger partial charge in [0.25, 0.3) is 0 Å². The smallest absolute Gasteiger partial charge is 0.234 e. The van der Waals surface area contributed by atoms with Gasteiger partial charge < -0.3 is 20.5 Å². The molecule has 0 spiro atoms. The van der Waals surface area contributed by atoms with Crippen LogP contribution in [0.4, 0.5) is 5.69 Å². The number of carbonyl (C=O) groups excluding carboxylic acids is 2. The second-order valence-corrected chi connectivity index (χ2v) is 8.23. The molecule has 1 aliphatic heterocycles. The minimum absolute atomic E-state index is 0.0216. The summed E-state index contributed by atoms with van der Waals surface area (Å²) in [5, 5.41) is 25.6. The normalized spacial score (nSPS) is 15.8. The fourth-order valence-corrected chi connectivity index (χ4v) is 4.20. The molecule has 8 heteroatoms. The van der Waals surface area contributed by atoms with Crippen LogP contribution in [-0.2, 0) is 9.59 Å². The van der Waals surface area contributed by atoms with Gasteiger partial charge in [0.05, 0.1) is 29.5 Å². The summed E-state index contributed by atoms with van der Waals surface area (Å²) in [7, 11) is 1.43. The van der Waals surface area contributed by atoms with E-state index >= 15 is 0 Å². The lowest BCUT2D eigenvalue weighted by Crippen LogP contribution is -2.31. The molecule has 0 fully saturated rings. The maximum atomic E-state index is 12.5. The standard InChI is InChI=1S/C23H23N3O4S/c1-13-4-5-14(2)18(8-13)25-22(29)12-31-23-17(11-24)16(10-21(28)26-23)15-6-7-19(27)20(9-15)30-3/h4-9,16,27H,10,12H2,1-3H3,(H,25,29)(H,26,28). The number of amides is 2. The van der Waals surface area contributed by atoms with Crippen LogP contribution in [0.2, 0.25) is 0 Å². The van der Waals surface area contributed by atoms with Crippen LogP contribution in [0.1, 0.15) is 29.0 Å². The zero-order valence-corrected chi connectivity index (χ0v) is 18.3. The molecule has 0 bridgehead atoms. The van der Waals surface area contributed by atoms with E-state index in [1.807, 2.05) is 32.0 Å². The summed E-state index contributed by atoms with van der Waals surface area (Å²) >= 11 is 1.12. The van der Waals surface area contributed by atoms with Crippen LogP contribution in [0.25, 0.3) is 0 Å². The number of allylic oxidation sites excluding steroid dienone is 1. The molecule has 3 rings (SSSR count). The van der Waals surface area contributed by atoms with Crippen molar-refractivity contribution in [3.05, 3.63) is 63.7 Å². The average Bonchev–Trinajstić information content (AvgIpc) is 2.74. The number of rotatable bonds is 6. The van der Waals surface area contributed by atoms with Crippen LogP contribution < -0.4 is 15.4 Å². The predicted octanol–water partition coefficient (Wildman–Crippen LogP) is 3.73. The summed E-state index contributed by atoms with van der Waals surface area (Å²) in [5.74, 6) is -0.674. The molecule has 160 valence electrons. The van der Waals surface area contributed by atoms with E-state index in [1.54, 1.807) is 12.1 Å². The van der Waals surface area contributed by atoms with Gasteiger partial charge in [0.1, 0.15) is 0 Å². The highest BCUT2D eigenvalue weighted by Gasteiger charge is 2.30. The Morgan fingerprint density at radius 2 is 2.10 bits per heavy atom. The lowest BCUT2D eigenvalue weighted by molar-refractivity contribution is -0.121. The number of ether oxygens (including phenoxy) is 1. The third-order valence-electron chi connectivity index (χ3n) is 4.98. The molecule has 0 saturated heterocycles. The van der Waals surface area contributed by atoms with Crippen LogP contribution in [0.15, 0.2) is 47.0 Å². The SMILES string of the molecule is COc1cc(C2CC(=O)NC(SCC(=O)Nc3cc(C)ccc3C)=C2C#N)ccc1O. The van der Waals surface area contributed by atoms with E-state index in [4.69, 9.17) is 4.74 Å². The molecule has 2 amide bonds. The Balaban J connectivity index is 1.80. The number of carbonyl (C=O) groups is 2. The van der Waals surface area contributed by atoms with Gasteiger partial charge in [0.15, 0.2) is 11.5 Å². The van der Waals surface area contributed by atoms with Gasteiger partial charge in [0, 0.05) is 18.0 Å². The van der Waals surface area contributed by atoms with Gasteiger partial charge in [0.2, 0.25) is 11.8 Å². The summed E-state index contributed by atoms with van der Waals surface area (Å²) in [6.07, 6.45) is 0.0928. The number of aryl methyl sites for hydroxylation is 2. The Hall–Kier alpha value is -3.44. The summed E-state index contributed by atoms with van der Waals surface area (Å²) in [6, 6.07) is 12.7. The highest BCUT2D eigenvalue weighted by Crippen LogP contribution is 2.39. The van der Waals surface area contributed by atoms with Crippen molar-refractivity contribution < 1.29 is 19.4 Å². The first-order valence-corrected chi connectivity index (χ1v) is 10.6. The van der Waals surface area contributed by atoms with E-state index in [0.717, 1.165) is 28.6 Å². The monoisotopic (exact) mass is 437 g/mol. The maximum Gasteiger partial charge on any atom is 0.234 e. The van der Waals surface area contributed by atoms with Crippen molar-refractivity contribution >= 4 is 29.3 Å². The predicted molar refractivity (Wildman–Crippen MR) is 120 cm³/mol. The van der Waals surface area contributed by atoms with Crippen molar-refractivity contribution in [2.75, 3.05) is 18.2 Å². The number of phenolic OH excluding ortho intramolecular Hbond substituents is 1. The quantitative estimate of drug-likeness (QED) is 0.635. The molecule has 0 aromatic heterocycles. The number of phenols is 1. The van der Waals surface area contributed by atoms with Gasteiger partial charge in [-0.3, -0.25) is 9.59 Å². The third kappa shape index (κ3) is 5.19. The highest BCUT2D eigenvalue weighted by atomic mass is 32.2. The number of nitrogens with one attached hydrogen (secondary N) is 2. The summed E-state index contributed by atoms with van der Waals surface area (Å²) in [6.45, 7) is 3.86. The Morgan fingerprint density at radius 1 is 1.32 bits per heavy atom. The second-order valence-electron chi connectivity index (χ2n) is 7.25. The fourth-order valence-electron chi connectivity index (χ4n) is 3.32. The fraction of sp³-hybridized carbons (Fsp3) is 0.261. The molecular formula is C23H23N3O4S. The van der Waals surface area contributed by atoms with Crippen LogP contribution in [0, 0.1) is 25.2 Å². The molecule has 3 N–H and O–H groups in total. The lowest BCUT2D eigenvalue weighted by Gasteiger charge is -2.25. The summed E-state index contributed by atoms with van der Waals surface area (Å²) in [4.78, 5) is 24.8. The number of hydrogen-bond acceptors (Lipinski definition) is 6. The molecule has 0 aliphatic carbocycles. The summed E-state index contributed by atoms with van der Waals surface area (Å²) < 4.78 is 5.14. The topological polar surface area (TPSA) is 111 Å². The number of aromatic hydroxyl groups is 1. The van der Waals surface area contributed by atoms with E-state index in [0.29, 0.717) is 16.2 Å². The average molecular weight is 438 g/mol. The second kappa shape index (κ2) is 9.58. The molecule has 1 aliphatic rings. The number of benzene rings is 2. The van der Waals surface area contributed by atoms with Crippen molar-refractivity contribution in [2.24, 2.45) is 0 Å². The summed E-state index contributed by atoms with van der Waals surface area (Å²) in [5.41, 5.74) is 3.78. The van der Waals surface area contributed by atoms with Crippen LogP contribution in [0.3, 0.4) is 0 Å². The Labute approximate surface area is 185 Å². The Morgan fingerprint density at radius 3 is 2.81 bits per heavy atom. The van der Waals surface area contributed by atoms with Gasteiger partial charge in [-0.1, -0.05) is 30.0 Å². The molecule has 1 heterocycles. The first kappa shape index (κ1) is 22.2. The Kier molecular flexibility index (Phi) is 6.88. The van der Waals surface area contributed by atoms with E-state index in [9.17, 15) is 20.0 Å².